The molecule has 1 unspecified atom stereocenters. The van der Waals surface area contributed by atoms with Gasteiger partial charge in [-0.1, -0.05) is 19.1 Å². The summed E-state index contributed by atoms with van der Waals surface area (Å²) in [4.78, 5) is 2.86. The zero-order chi connectivity index (χ0) is 13.7. The van der Waals surface area contributed by atoms with Gasteiger partial charge in [-0.2, -0.15) is 0 Å². The highest BCUT2D eigenvalue weighted by atomic mass is 32.1. The summed E-state index contributed by atoms with van der Waals surface area (Å²) < 4.78 is 5.19. The lowest BCUT2D eigenvalue weighted by molar-refractivity contribution is 0.414. The van der Waals surface area contributed by atoms with Crippen molar-refractivity contribution in [1.29, 1.82) is 0 Å². The minimum Gasteiger partial charge on any atom is -0.497 e. The van der Waals surface area contributed by atoms with Gasteiger partial charge in [0, 0.05) is 15.8 Å². The van der Waals surface area contributed by atoms with Crippen molar-refractivity contribution < 1.29 is 4.74 Å². The molecule has 2 rings (SSSR count). The maximum absolute atomic E-state index is 5.19. The van der Waals surface area contributed by atoms with E-state index in [0.717, 1.165) is 18.6 Å². The number of hydrogen-bond donors (Lipinski definition) is 1. The van der Waals surface area contributed by atoms with E-state index in [1.807, 2.05) is 30.5 Å². The van der Waals surface area contributed by atoms with E-state index in [0.29, 0.717) is 6.04 Å². The Morgan fingerprint density at radius 1 is 1.16 bits per heavy atom. The SMILES string of the molecule is CCc1ccc(C(Cc2ccc(OC)cc2)NC)s1. The number of aryl methyl sites for hydroxylation is 1. The van der Waals surface area contributed by atoms with Crippen LogP contribution < -0.4 is 10.1 Å². The quantitative estimate of drug-likeness (QED) is 0.865. The van der Waals surface area contributed by atoms with Crippen LogP contribution in [0.1, 0.15) is 28.3 Å². The van der Waals surface area contributed by atoms with Gasteiger partial charge in [-0.3, -0.25) is 0 Å². The summed E-state index contributed by atoms with van der Waals surface area (Å²) in [5, 5.41) is 3.41. The fourth-order valence-electron chi connectivity index (χ4n) is 2.11. The third-order valence-electron chi connectivity index (χ3n) is 3.32. The smallest absolute Gasteiger partial charge is 0.118 e. The number of benzene rings is 1. The number of hydrogen-bond acceptors (Lipinski definition) is 3. The highest BCUT2D eigenvalue weighted by Gasteiger charge is 2.12. The molecule has 102 valence electrons. The number of ether oxygens (including phenoxy) is 1. The molecule has 0 bridgehead atoms. The van der Waals surface area contributed by atoms with Crippen molar-refractivity contribution >= 4 is 11.3 Å². The molecule has 3 heteroatoms. The van der Waals surface area contributed by atoms with Crippen LogP contribution in [0.2, 0.25) is 0 Å². The van der Waals surface area contributed by atoms with Crippen LogP contribution in [0.15, 0.2) is 36.4 Å². The van der Waals surface area contributed by atoms with Gasteiger partial charge >= 0.3 is 0 Å². The van der Waals surface area contributed by atoms with Gasteiger partial charge in [-0.25, -0.2) is 0 Å². The van der Waals surface area contributed by atoms with Gasteiger partial charge in [0.1, 0.15) is 5.75 Å². The molecule has 1 aromatic heterocycles. The van der Waals surface area contributed by atoms with E-state index in [2.05, 4.69) is 36.5 Å². The van der Waals surface area contributed by atoms with Gasteiger partial charge in [0.05, 0.1) is 7.11 Å². The lowest BCUT2D eigenvalue weighted by atomic mass is 10.0. The van der Waals surface area contributed by atoms with Crippen molar-refractivity contribution in [2.75, 3.05) is 14.2 Å². The van der Waals surface area contributed by atoms with Crippen LogP contribution in [0.4, 0.5) is 0 Å². The van der Waals surface area contributed by atoms with E-state index in [1.165, 1.54) is 15.3 Å². The Labute approximate surface area is 119 Å². The monoisotopic (exact) mass is 275 g/mol. The Hall–Kier alpha value is -1.32. The summed E-state index contributed by atoms with van der Waals surface area (Å²) in [5.41, 5.74) is 1.33. The average molecular weight is 275 g/mol. The Morgan fingerprint density at radius 2 is 1.89 bits per heavy atom. The Balaban J connectivity index is 2.09. The van der Waals surface area contributed by atoms with E-state index < -0.39 is 0 Å². The maximum atomic E-state index is 5.19. The second kappa shape index (κ2) is 6.73. The summed E-state index contributed by atoms with van der Waals surface area (Å²) in [7, 11) is 3.73. The number of nitrogens with one attached hydrogen (secondary N) is 1. The zero-order valence-corrected chi connectivity index (χ0v) is 12.6. The Kier molecular flexibility index (Phi) is 5.00. The van der Waals surface area contributed by atoms with Gasteiger partial charge < -0.3 is 10.1 Å². The summed E-state index contributed by atoms with van der Waals surface area (Å²) in [6.45, 7) is 2.20. The number of rotatable bonds is 6. The summed E-state index contributed by atoms with van der Waals surface area (Å²) in [6, 6.07) is 13.2. The predicted octanol–water partition coefficient (Wildman–Crippen LogP) is 3.82. The van der Waals surface area contributed by atoms with Crippen molar-refractivity contribution in [3.63, 3.8) is 0 Å². The molecule has 0 saturated heterocycles. The maximum Gasteiger partial charge on any atom is 0.118 e. The van der Waals surface area contributed by atoms with Crippen LogP contribution in [0.3, 0.4) is 0 Å². The van der Waals surface area contributed by atoms with Gasteiger partial charge in [-0.15, -0.1) is 11.3 Å². The first-order valence-corrected chi connectivity index (χ1v) is 7.47. The largest absolute Gasteiger partial charge is 0.497 e. The standard InChI is InChI=1S/C16H21NOS/c1-4-14-9-10-16(19-14)15(17-2)11-12-5-7-13(18-3)8-6-12/h5-10,15,17H,4,11H2,1-3H3. The molecule has 2 aromatic rings. The topological polar surface area (TPSA) is 21.3 Å². The fraction of sp³-hybridized carbons (Fsp3) is 0.375. The summed E-state index contributed by atoms with van der Waals surface area (Å²) in [6.07, 6.45) is 2.12. The van der Waals surface area contributed by atoms with Crippen molar-refractivity contribution in [1.82, 2.24) is 5.32 Å². The van der Waals surface area contributed by atoms with E-state index >= 15 is 0 Å². The first-order chi connectivity index (χ1) is 9.26. The van der Waals surface area contributed by atoms with E-state index in [1.54, 1.807) is 7.11 Å². The minimum atomic E-state index is 0.388. The molecule has 1 N–H and O–H groups in total. The van der Waals surface area contributed by atoms with E-state index in [9.17, 15) is 0 Å². The molecule has 0 fully saturated rings. The molecule has 0 saturated carbocycles. The molecule has 0 radical (unpaired) electrons. The van der Waals surface area contributed by atoms with E-state index in [-0.39, 0.29) is 0 Å². The number of thiophene rings is 1. The molecular weight excluding hydrogens is 254 g/mol. The van der Waals surface area contributed by atoms with Crippen LogP contribution in [-0.4, -0.2) is 14.2 Å². The average Bonchev–Trinajstić information content (AvgIpc) is 2.94. The Morgan fingerprint density at radius 3 is 2.42 bits per heavy atom. The third kappa shape index (κ3) is 3.58. The van der Waals surface area contributed by atoms with Gasteiger partial charge in [0.2, 0.25) is 0 Å². The van der Waals surface area contributed by atoms with Gasteiger partial charge in [0.25, 0.3) is 0 Å². The summed E-state index contributed by atoms with van der Waals surface area (Å²) in [5.74, 6) is 0.911. The molecule has 1 heterocycles. The second-order valence-corrected chi connectivity index (χ2v) is 5.75. The molecule has 2 nitrogen and oxygen atoms in total. The van der Waals surface area contributed by atoms with Crippen molar-refractivity contribution in [2.45, 2.75) is 25.8 Å². The molecule has 0 spiro atoms. The van der Waals surface area contributed by atoms with Crippen molar-refractivity contribution in [3.05, 3.63) is 51.7 Å². The highest BCUT2D eigenvalue weighted by Crippen LogP contribution is 2.26. The molecule has 0 aliphatic heterocycles. The Bertz CT molecular complexity index is 504. The van der Waals surface area contributed by atoms with Gasteiger partial charge in [0.15, 0.2) is 0 Å². The lowest BCUT2D eigenvalue weighted by Gasteiger charge is -2.14. The molecule has 0 aliphatic carbocycles. The zero-order valence-electron chi connectivity index (χ0n) is 11.8. The van der Waals surface area contributed by atoms with E-state index in [4.69, 9.17) is 4.74 Å². The fourth-order valence-corrected chi connectivity index (χ4v) is 3.18. The van der Waals surface area contributed by atoms with Crippen LogP contribution in [-0.2, 0) is 12.8 Å². The van der Waals surface area contributed by atoms with Crippen LogP contribution in [0, 0.1) is 0 Å². The van der Waals surface area contributed by atoms with Crippen LogP contribution in [0.5, 0.6) is 5.75 Å². The number of likely N-dealkylation sites (N-methyl/N-ethyl adjacent to an activating group) is 1. The highest BCUT2D eigenvalue weighted by molar-refractivity contribution is 7.12. The predicted molar refractivity (Wildman–Crippen MR) is 82.2 cm³/mol. The minimum absolute atomic E-state index is 0.388. The molecule has 1 atom stereocenters. The first-order valence-electron chi connectivity index (χ1n) is 6.65. The normalized spacial score (nSPS) is 12.4. The van der Waals surface area contributed by atoms with Gasteiger partial charge in [-0.05, 0) is 49.7 Å². The molecular formula is C16H21NOS. The number of methoxy groups -OCH3 is 1. The van der Waals surface area contributed by atoms with Crippen LogP contribution >= 0.6 is 11.3 Å². The third-order valence-corrected chi connectivity index (χ3v) is 4.66. The summed E-state index contributed by atoms with van der Waals surface area (Å²) >= 11 is 1.91. The van der Waals surface area contributed by atoms with Crippen LogP contribution in [0.25, 0.3) is 0 Å². The molecule has 1 aromatic carbocycles. The molecule has 0 aliphatic rings. The molecule has 0 amide bonds. The second-order valence-electron chi connectivity index (χ2n) is 4.55. The van der Waals surface area contributed by atoms with Crippen molar-refractivity contribution in [2.24, 2.45) is 0 Å². The van der Waals surface area contributed by atoms with Crippen molar-refractivity contribution in [3.8, 4) is 5.75 Å². The lowest BCUT2D eigenvalue weighted by Crippen LogP contribution is -2.17. The molecule has 19 heavy (non-hydrogen) atoms. The first kappa shape index (κ1) is 14.1.